The largest absolute Gasteiger partial charge is 0.440 e. The van der Waals surface area contributed by atoms with Gasteiger partial charge in [0.05, 0.1) is 22.9 Å². The van der Waals surface area contributed by atoms with Crippen molar-refractivity contribution in [1.29, 1.82) is 0 Å². The average Bonchev–Trinajstić information content (AvgIpc) is 3.16. The van der Waals surface area contributed by atoms with Gasteiger partial charge in [0.25, 0.3) is 5.56 Å². The molecular weight excluding hydrogens is 365 g/mol. The van der Waals surface area contributed by atoms with Crippen LogP contribution in [0, 0.1) is 5.82 Å². The molecule has 0 saturated carbocycles. The summed E-state index contributed by atoms with van der Waals surface area (Å²) in [5.41, 5.74) is 1.38. The van der Waals surface area contributed by atoms with Gasteiger partial charge in [-0.3, -0.25) is 9.36 Å². The number of halogens is 1. The van der Waals surface area contributed by atoms with Crippen LogP contribution in [0.15, 0.2) is 69.1 Å². The summed E-state index contributed by atoms with van der Waals surface area (Å²) in [5.74, 6) is 1.23. The maximum atomic E-state index is 13.0. The Morgan fingerprint density at radius 1 is 1.15 bits per heavy atom. The molecule has 0 spiro atoms. The van der Waals surface area contributed by atoms with E-state index in [2.05, 4.69) is 9.97 Å². The van der Waals surface area contributed by atoms with E-state index in [0.717, 1.165) is 5.56 Å². The summed E-state index contributed by atoms with van der Waals surface area (Å²) in [6, 6.07) is 13.4. The van der Waals surface area contributed by atoms with Gasteiger partial charge in [-0.15, -0.1) is 0 Å². The summed E-state index contributed by atoms with van der Waals surface area (Å²) in [6.45, 7) is 2.45. The van der Waals surface area contributed by atoms with Gasteiger partial charge < -0.3 is 4.42 Å². The van der Waals surface area contributed by atoms with E-state index in [-0.39, 0.29) is 11.4 Å². The summed E-state index contributed by atoms with van der Waals surface area (Å²) in [5, 5.41) is 1.24. The monoisotopic (exact) mass is 381 g/mol. The van der Waals surface area contributed by atoms with Crippen molar-refractivity contribution in [3.63, 3.8) is 0 Å². The smallest absolute Gasteiger partial charge is 0.262 e. The van der Waals surface area contributed by atoms with Gasteiger partial charge in [-0.1, -0.05) is 23.9 Å². The van der Waals surface area contributed by atoms with Gasteiger partial charge in [-0.2, -0.15) is 0 Å². The first kappa shape index (κ1) is 17.5. The van der Waals surface area contributed by atoms with Crippen LogP contribution in [0.5, 0.6) is 0 Å². The molecule has 0 aliphatic heterocycles. The Balaban J connectivity index is 1.59. The minimum Gasteiger partial charge on any atom is -0.440 e. The molecule has 2 heterocycles. The Bertz CT molecular complexity index is 1150. The van der Waals surface area contributed by atoms with Crippen LogP contribution in [0.2, 0.25) is 0 Å². The first-order valence-corrected chi connectivity index (χ1v) is 9.47. The molecule has 136 valence electrons. The van der Waals surface area contributed by atoms with Gasteiger partial charge >= 0.3 is 0 Å². The SMILES string of the molecule is CCn1c(SCc2ncc(-c3ccc(F)cc3)o2)nc2ccccc2c1=O. The van der Waals surface area contributed by atoms with Crippen LogP contribution in [0.3, 0.4) is 0 Å². The van der Waals surface area contributed by atoms with Crippen LogP contribution < -0.4 is 5.56 Å². The highest BCUT2D eigenvalue weighted by atomic mass is 32.2. The van der Waals surface area contributed by atoms with Gasteiger partial charge in [-0.25, -0.2) is 14.4 Å². The van der Waals surface area contributed by atoms with E-state index in [1.807, 2.05) is 25.1 Å². The third-order valence-corrected chi connectivity index (χ3v) is 5.11. The number of thioether (sulfide) groups is 1. The highest BCUT2D eigenvalue weighted by Crippen LogP contribution is 2.25. The summed E-state index contributed by atoms with van der Waals surface area (Å²) in [6.07, 6.45) is 1.61. The molecule has 0 aliphatic carbocycles. The number of hydrogen-bond acceptors (Lipinski definition) is 5. The van der Waals surface area contributed by atoms with Crippen molar-refractivity contribution >= 4 is 22.7 Å². The molecule has 0 atom stereocenters. The third kappa shape index (κ3) is 3.50. The van der Waals surface area contributed by atoms with Crippen molar-refractivity contribution < 1.29 is 8.81 Å². The number of para-hydroxylation sites is 1. The minimum atomic E-state index is -0.297. The fourth-order valence-corrected chi connectivity index (χ4v) is 3.70. The molecule has 0 radical (unpaired) electrons. The predicted octanol–water partition coefficient (Wildman–Crippen LogP) is 4.50. The molecule has 0 amide bonds. The van der Waals surface area contributed by atoms with Crippen LogP contribution in [0.4, 0.5) is 4.39 Å². The first-order chi connectivity index (χ1) is 13.2. The number of rotatable bonds is 5. The van der Waals surface area contributed by atoms with E-state index in [1.165, 1.54) is 23.9 Å². The first-order valence-electron chi connectivity index (χ1n) is 8.48. The summed E-state index contributed by atoms with van der Waals surface area (Å²) < 4.78 is 20.4. The Labute approximate surface area is 158 Å². The number of nitrogens with zero attached hydrogens (tertiary/aromatic N) is 3. The van der Waals surface area contributed by atoms with Crippen molar-refractivity contribution in [1.82, 2.24) is 14.5 Å². The molecule has 4 rings (SSSR count). The molecule has 0 N–H and O–H groups in total. The third-order valence-electron chi connectivity index (χ3n) is 4.15. The number of hydrogen-bond donors (Lipinski definition) is 0. The van der Waals surface area contributed by atoms with Crippen molar-refractivity contribution in [2.45, 2.75) is 24.4 Å². The summed E-state index contributed by atoms with van der Waals surface area (Å²) in [7, 11) is 0. The zero-order valence-corrected chi connectivity index (χ0v) is 15.4. The Kier molecular flexibility index (Phi) is 4.77. The number of aromatic nitrogens is 3. The van der Waals surface area contributed by atoms with E-state index < -0.39 is 0 Å². The van der Waals surface area contributed by atoms with Gasteiger partial charge in [0.15, 0.2) is 10.9 Å². The fourth-order valence-electron chi connectivity index (χ4n) is 2.79. The Morgan fingerprint density at radius 2 is 1.93 bits per heavy atom. The van der Waals surface area contributed by atoms with Gasteiger partial charge in [-0.05, 0) is 43.3 Å². The minimum absolute atomic E-state index is 0.0509. The summed E-state index contributed by atoms with van der Waals surface area (Å²) in [4.78, 5) is 21.5. The van der Waals surface area contributed by atoms with Gasteiger partial charge in [0, 0.05) is 12.1 Å². The zero-order chi connectivity index (χ0) is 18.8. The normalized spacial score (nSPS) is 11.2. The number of oxazole rings is 1. The number of benzene rings is 2. The molecule has 0 aliphatic rings. The molecule has 5 nitrogen and oxygen atoms in total. The molecular formula is C20H16FN3O2S. The molecule has 2 aromatic carbocycles. The quantitative estimate of drug-likeness (QED) is 0.376. The number of fused-ring (bicyclic) bond motifs is 1. The van der Waals surface area contributed by atoms with Crippen LogP contribution >= 0.6 is 11.8 Å². The van der Waals surface area contributed by atoms with Crippen LogP contribution in [0.25, 0.3) is 22.2 Å². The molecule has 2 aromatic heterocycles. The Hall–Kier alpha value is -2.93. The van der Waals surface area contributed by atoms with Crippen molar-refractivity contribution in [2.75, 3.05) is 0 Å². The lowest BCUT2D eigenvalue weighted by molar-refractivity contribution is 0.529. The van der Waals surface area contributed by atoms with E-state index in [0.29, 0.717) is 40.0 Å². The fraction of sp³-hybridized carbons (Fsp3) is 0.150. The molecule has 0 unspecified atom stereocenters. The highest BCUT2D eigenvalue weighted by molar-refractivity contribution is 7.98. The highest BCUT2D eigenvalue weighted by Gasteiger charge is 2.12. The van der Waals surface area contributed by atoms with Crippen LogP contribution in [-0.4, -0.2) is 14.5 Å². The van der Waals surface area contributed by atoms with Gasteiger partial charge in [0.1, 0.15) is 5.82 Å². The molecule has 4 aromatic rings. The van der Waals surface area contributed by atoms with E-state index in [9.17, 15) is 9.18 Å². The van der Waals surface area contributed by atoms with E-state index >= 15 is 0 Å². The van der Waals surface area contributed by atoms with Crippen molar-refractivity contribution in [2.24, 2.45) is 0 Å². The second kappa shape index (κ2) is 7.36. The molecule has 7 heteroatoms. The van der Waals surface area contributed by atoms with E-state index in [1.54, 1.807) is 29.0 Å². The van der Waals surface area contributed by atoms with Crippen LogP contribution in [0.1, 0.15) is 12.8 Å². The predicted molar refractivity (Wildman–Crippen MR) is 103 cm³/mol. The second-order valence-electron chi connectivity index (χ2n) is 5.87. The summed E-state index contributed by atoms with van der Waals surface area (Å²) >= 11 is 1.40. The lowest BCUT2D eigenvalue weighted by Gasteiger charge is -2.10. The molecule has 0 bridgehead atoms. The van der Waals surface area contributed by atoms with Gasteiger partial charge in [0.2, 0.25) is 5.89 Å². The molecule has 27 heavy (non-hydrogen) atoms. The Morgan fingerprint density at radius 3 is 2.70 bits per heavy atom. The lowest BCUT2D eigenvalue weighted by Crippen LogP contribution is -2.22. The topological polar surface area (TPSA) is 60.9 Å². The molecule has 0 fully saturated rings. The van der Waals surface area contributed by atoms with Crippen LogP contribution in [-0.2, 0) is 12.3 Å². The van der Waals surface area contributed by atoms with E-state index in [4.69, 9.17) is 4.42 Å². The van der Waals surface area contributed by atoms with Crippen molar-refractivity contribution in [3.05, 3.63) is 76.8 Å². The second-order valence-corrected chi connectivity index (χ2v) is 6.82. The lowest BCUT2D eigenvalue weighted by atomic mass is 10.2. The maximum absolute atomic E-state index is 13.0. The van der Waals surface area contributed by atoms with Crippen molar-refractivity contribution in [3.8, 4) is 11.3 Å². The zero-order valence-electron chi connectivity index (χ0n) is 14.6. The maximum Gasteiger partial charge on any atom is 0.262 e. The molecule has 0 saturated heterocycles. The standard InChI is InChI=1S/C20H16FN3O2S/c1-2-24-19(25)15-5-3-4-6-16(15)23-20(24)27-12-18-22-11-17(26-18)13-7-9-14(21)10-8-13/h3-11H,2,12H2,1H3. The average molecular weight is 381 g/mol.